The zero-order valence-corrected chi connectivity index (χ0v) is 15.7. The fourth-order valence-corrected chi connectivity index (χ4v) is 3.57. The number of hydrogen-bond acceptors (Lipinski definition) is 3. The molecule has 1 aromatic carbocycles. The van der Waals surface area contributed by atoms with Gasteiger partial charge in [-0.3, -0.25) is 14.6 Å². The fourth-order valence-electron chi connectivity index (χ4n) is 3.38. The van der Waals surface area contributed by atoms with Gasteiger partial charge in [0.15, 0.2) is 0 Å². The molecule has 1 N–H and O–H groups in total. The van der Waals surface area contributed by atoms with Gasteiger partial charge in [-0.05, 0) is 55.0 Å². The summed E-state index contributed by atoms with van der Waals surface area (Å²) < 4.78 is 0. The second-order valence-corrected chi connectivity index (χ2v) is 7.35. The summed E-state index contributed by atoms with van der Waals surface area (Å²) >= 11 is 6.12. The summed E-state index contributed by atoms with van der Waals surface area (Å²) in [6, 6.07) is 9.14. The Kier molecular flexibility index (Phi) is 5.57. The molecule has 6 heteroatoms. The van der Waals surface area contributed by atoms with E-state index >= 15 is 0 Å². The third-order valence-corrected chi connectivity index (χ3v) is 4.87. The van der Waals surface area contributed by atoms with E-state index in [1.807, 2.05) is 25.1 Å². The number of nitrogens with one attached hydrogen (secondary N) is 1. The Morgan fingerprint density at radius 2 is 2.04 bits per heavy atom. The van der Waals surface area contributed by atoms with Crippen LogP contribution in [0.3, 0.4) is 0 Å². The lowest BCUT2D eigenvalue weighted by Gasteiger charge is -2.38. The van der Waals surface area contributed by atoms with Gasteiger partial charge in [0.25, 0.3) is 0 Å². The molecular formula is C20H22ClN3O2. The van der Waals surface area contributed by atoms with Gasteiger partial charge in [0.1, 0.15) is 0 Å². The van der Waals surface area contributed by atoms with Crippen molar-refractivity contribution in [3.63, 3.8) is 0 Å². The summed E-state index contributed by atoms with van der Waals surface area (Å²) in [5.41, 5.74) is 2.40. The number of pyridine rings is 1. The molecule has 0 saturated carbocycles. The molecule has 1 aromatic heterocycles. The van der Waals surface area contributed by atoms with E-state index in [2.05, 4.69) is 17.2 Å². The van der Waals surface area contributed by atoms with Crippen LogP contribution in [-0.2, 0) is 9.59 Å². The van der Waals surface area contributed by atoms with Crippen molar-refractivity contribution >= 4 is 29.1 Å². The molecule has 1 fully saturated rings. The average molecular weight is 372 g/mol. The van der Waals surface area contributed by atoms with Gasteiger partial charge in [0.2, 0.25) is 0 Å². The van der Waals surface area contributed by atoms with Crippen LogP contribution >= 0.6 is 11.6 Å². The van der Waals surface area contributed by atoms with Crippen LogP contribution in [0.4, 0.5) is 5.69 Å². The van der Waals surface area contributed by atoms with Crippen molar-refractivity contribution in [3.05, 3.63) is 58.9 Å². The monoisotopic (exact) mass is 371 g/mol. The zero-order chi connectivity index (χ0) is 18.7. The van der Waals surface area contributed by atoms with Crippen LogP contribution in [0.15, 0.2) is 42.7 Å². The Hall–Kier alpha value is -2.40. The van der Waals surface area contributed by atoms with Crippen molar-refractivity contribution < 1.29 is 9.59 Å². The summed E-state index contributed by atoms with van der Waals surface area (Å²) in [4.78, 5) is 31.1. The van der Waals surface area contributed by atoms with Gasteiger partial charge in [-0.15, -0.1) is 0 Å². The molecule has 2 atom stereocenters. The summed E-state index contributed by atoms with van der Waals surface area (Å²) in [7, 11) is 0. The number of amides is 2. The van der Waals surface area contributed by atoms with Crippen molar-refractivity contribution in [1.82, 2.24) is 9.88 Å². The third-order valence-electron chi connectivity index (χ3n) is 4.64. The number of likely N-dealkylation sites (tertiary alicyclic amines) is 1. The van der Waals surface area contributed by atoms with Crippen LogP contribution < -0.4 is 5.32 Å². The molecule has 2 amide bonds. The number of aryl methyl sites for hydroxylation is 1. The maximum atomic E-state index is 12.9. The SMILES string of the molecule is Cc1cncc(NC(=O)C(=O)N2C[C@@H](C)CCC2c2cccc(Cl)c2)c1. The molecule has 0 aliphatic carbocycles. The number of hydrogen-bond donors (Lipinski definition) is 1. The highest BCUT2D eigenvalue weighted by Gasteiger charge is 2.34. The Morgan fingerprint density at radius 1 is 1.23 bits per heavy atom. The smallest absolute Gasteiger partial charge is 0.313 e. The summed E-state index contributed by atoms with van der Waals surface area (Å²) in [6.07, 6.45) is 5.04. The molecule has 3 rings (SSSR count). The van der Waals surface area contributed by atoms with Gasteiger partial charge >= 0.3 is 11.8 Å². The van der Waals surface area contributed by atoms with Gasteiger partial charge in [-0.2, -0.15) is 0 Å². The van der Waals surface area contributed by atoms with E-state index in [1.54, 1.807) is 23.2 Å². The maximum absolute atomic E-state index is 12.9. The van der Waals surface area contributed by atoms with Crippen LogP contribution in [0.25, 0.3) is 0 Å². The van der Waals surface area contributed by atoms with Gasteiger partial charge in [0.05, 0.1) is 17.9 Å². The molecule has 0 radical (unpaired) electrons. The van der Waals surface area contributed by atoms with Gasteiger partial charge in [0, 0.05) is 17.8 Å². The average Bonchev–Trinajstić information content (AvgIpc) is 2.61. The first-order valence-corrected chi connectivity index (χ1v) is 9.11. The molecule has 0 spiro atoms. The van der Waals surface area contributed by atoms with Crippen LogP contribution in [0.5, 0.6) is 0 Å². The van der Waals surface area contributed by atoms with Gasteiger partial charge in [-0.25, -0.2) is 0 Å². The minimum atomic E-state index is -0.640. The predicted molar refractivity (Wildman–Crippen MR) is 102 cm³/mol. The second-order valence-electron chi connectivity index (χ2n) is 6.92. The quantitative estimate of drug-likeness (QED) is 0.812. The second kappa shape index (κ2) is 7.87. The van der Waals surface area contributed by atoms with Crippen LogP contribution in [0.2, 0.25) is 5.02 Å². The topological polar surface area (TPSA) is 62.3 Å². The Balaban J connectivity index is 1.80. The number of benzene rings is 1. The molecule has 1 saturated heterocycles. The van der Waals surface area contributed by atoms with E-state index in [1.165, 1.54) is 6.20 Å². The summed E-state index contributed by atoms with van der Waals surface area (Å²) in [6.45, 7) is 4.53. The highest BCUT2D eigenvalue weighted by molar-refractivity contribution is 6.39. The normalized spacial score (nSPS) is 19.9. The van der Waals surface area contributed by atoms with E-state index < -0.39 is 11.8 Å². The van der Waals surface area contributed by atoms with E-state index in [-0.39, 0.29) is 6.04 Å². The number of halogens is 1. The maximum Gasteiger partial charge on any atom is 0.313 e. The molecule has 136 valence electrons. The first kappa shape index (κ1) is 18.4. The van der Waals surface area contributed by atoms with Crippen LogP contribution in [-0.4, -0.2) is 28.2 Å². The van der Waals surface area contributed by atoms with Crippen molar-refractivity contribution in [2.45, 2.75) is 32.7 Å². The summed E-state index contributed by atoms with van der Waals surface area (Å²) in [5.74, 6) is -0.815. The van der Waals surface area contributed by atoms with Gasteiger partial charge in [-0.1, -0.05) is 30.7 Å². The minimum Gasteiger partial charge on any atom is -0.327 e. The largest absolute Gasteiger partial charge is 0.327 e. The Bertz CT molecular complexity index is 824. The molecular weight excluding hydrogens is 350 g/mol. The van der Waals surface area contributed by atoms with Crippen molar-refractivity contribution in [1.29, 1.82) is 0 Å². The zero-order valence-electron chi connectivity index (χ0n) is 14.9. The fraction of sp³-hybridized carbons (Fsp3) is 0.350. The number of carbonyl (C=O) groups excluding carboxylic acids is 2. The predicted octanol–water partition coefficient (Wildman–Crippen LogP) is 3.98. The van der Waals surface area contributed by atoms with E-state index in [4.69, 9.17) is 11.6 Å². The number of nitrogens with zero attached hydrogens (tertiary/aromatic N) is 2. The lowest BCUT2D eigenvalue weighted by molar-refractivity contribution is -0.146. The molecule has 1 aliphatic heterocycles. The van der Waals surface area contributed by atoms with Gasteiger partial charge < -0.3 is 10.2 Å². The number of carbonyl (C=O) groups is 2. The molecule has 1 unspecified atom stereocenters. The molecule has 26 heavy (non-hydrogen) atoms. The Morgan fingerprint density at radius 3 is 2.77 bits per heavy atom. The first-order chi connectivity index (χ1) is 12.4. The lowest BCUT2D eigenvalue weighted by Crippen LogP contribution is -2.46. The van der Waals surface area contributed by atoms with E-state index in [0.29, 0.717) is 23.2 Å². The lowest BCUT2D eigenvalue weighted by atomic mass is 9.90. The van der Waals surface area contributed by atoms with Crippen molar-refractivity contribution in [2.24, 2.45) is 5.92 Å². The molecule has 5 nitrogen and oxygen atoms in total. The molecule has 2 aromatic rings. The van der Waals surface area contributed by atoms with Crippen molar-refractivity contribution in [3.8, 4) is 0 Å². The number of piperidine rings is 1. The van der Waals surface area contributed by atoms with Crippen LogP contribution in [0.1, 0.15) is 36.9 Å². The van der Waals surface area contributed by atoms with Crippen LogP contribution in [0, 0.1) is 12.8 Å². The molecule has 2 heterocycles. The number of rotatable bonds is 2. The highest BCUT2D eigenvalue weighted by atomic mass is 35.5. The molecule has 1 aliphatic rings. The summed E-state index contributed by atoms with van der Waals surface area (Å²) in [5, 5.41) is 3.29. The third kappa shape index (κ3) is 4.22. The number of aromatic nitrogens is 1. The standard InChI is InChI=1S/C20H22ClN3O2/c1-13-6-7-18(15-4-3-5-16(21)9-15)24(12-13)20(26)19(25)23-17-8-14(2)10-22-11-17/h3-5,8-11,13,18H,6-7,12H2,1-2H3,(H,23,25)/t13-,18?/m0/s1. The van der Waals surface area contributed by atoms with E-state index in [0.717, 1.165) is 24.0 Å². The molecule has 0 bridgehead atoms. The van der Waals surface area contributed by atoms with E-state index in [9.17, 15) is 9.59 Å². The Labute approximate surface area is 158 Å². The highest BCUT2D eigenvalue weighted by Crippen LogP contribution is 2.34. The number of anilines is 1. The van der Waals surface area contributed by atoms with Crippen molar-refractivity contribution in [2.75, 3.05) is 11.9 Å². The first-order valence-electron chi connectivity index (χ1n) is 8.73. The minimum absolute atomic E-state index is 0.140.